The lowest BCUT2D eigenvalue weighted by molar-refractivity contribution is -0.135. The van der Waals surface area contributed by atoms with Gasteiger partial charge >= 0.3 is 0 Å². The van der Waals surface area contributed by atoms with Gasteiger partial charge in [-0.3, -0.25) is 9.69 Å². The average molecular weight is 398 g/mol. The highest BCUT2D eigenvalue weighted by Gasteiger charge is 2.48. The highest BCUT2D eigenvalue weighted by atomic mass is 16.1. The number of piperazine rings is 1. The molecule has 4 heterocycles. The highest BCUT2D eigenvalue weighted by Crippen LogP contribution is 2.53. The monoisotopic (exact) mass is 397 g/mol. The number of nitrogens with one attached hydrogen (secondary N) is 1. The molecule has 1 saturated carbocycles. The Labute approximate surface area is 174 Å². The quantitative estimate of drug-likeness (QED) is 0.824. The van der Waals surface area contributed by atoms with Gasteiger partial charge in [-0.1, -0.05) is 13.8 Å². The maximum atomic E-state index is 12.2. The maximum absolute atomic E-state index is 12.2. The van der Waals surface area contributed by atoms with Gasteiger partial charge in [0, 0.05) is 61.5 Å². The van der Waals surface area contributed by atoms with E-state index >= 15 is 0 Å². The first-order valence-corrected chi connectivity index (χ1v) is 11.6. The third-order valence-electron chi connectivity index (χ3n) is 7.96. The molecule has 3 aliphatic heterocycles. The van der Waals surface area contributed by atoms with Gasteiger partial charge in [-0.2, -0.15) is 0 Å². The van der Waals surface area contributed by atoms with Crippen LogP contribution < -0.4 is 10.2 Å². The van der Waals surface area contributed by atoms with E-state index in [1.807, 2.05) is 26.2 Å². The van der Waals surface area contributed by atoms with Gasteiger partial charge in [-0.25, -0.2) is 9.97 Å². The second-order valence-corrected chi connectivity index (χ2v) is 10.3. The average Bonchev–Trinajstić information content (AvgIpc) is 2.95. The third kappa shape index (κ3) is 3.70. The summed E-state index contributed by atoms with van der Waals surface area (Å²) >= 11 is 0. The molecule has 158 valence electrons. The Kier molecular flexibility index (Phi) is 5.11. The molecular formula is C23H35N5O. The van der Waals surface area contributed by atoms with Gasteiger partial charge in [-0.15, -0.1) is 0 Å². The van der Waals surface area contributed by atoms with E-state index in [1.54, 1.807) is 0 Å². The molecule has 6 nitrogen and oxygen atoms in total. The molecule has 2 bridgehead atoms. The SMILES string of the molecule is CC(C)C(=O)C1CC2(CCN(Cc3cnc(N4C5CCC4CNC5)nc3)CC2)C1. The van der Waals surface area contributed by atoms with Crippen molar-refractivity contribution < 1.29 is 4.79 Å². The van der Waals surface area contributed by atoms with Crippen molar-refractivity contribution in [2.45, 2.75) is 71.0 Å². The Morgan fingerprint density at radius 2 is 1.76 bits per heavy atom. The molecule has 1 aromatic rings. The van der Waals surface area contributed by atoms with Crippen LogP contribution in [0.3, 0.4) is 0 Å². The van der Waals surface area contributed by atoms with Crippen LogP contribution in [0.4, 0.5) is 5.95 Å². The van der Waals surface area contributed by atoms with Crippen LogP contribution in [0.25, 0.3) is 0 Å². The van der Waals surface area contributed by atoms with Gasteiger partial charge in [0.25, 0.3) is 0 Å². The van der Waals surface area contributed by atoms with E-state index in [0.717, 1.165) is 51.5 Å². The topological polar surface area (TPSA) is 61.4 Å². The number of carbonyl (C=O) groups excluding carboxylic acids is 1. The van der Waals surface area contributed by atoms with E-state index in [9.17, 15) is 4.79 Å². The minimum atomic E-state index is 0.191. The normalized spacial score (nSPS) is 29.4. The molecule has 4 fully saturated rings. The second kappa shape index (κ2) is 7.62. The Bertz CT molecular complexity index is 716. The number of carbonyl (C=O) groups is 1. The number of fused-ring (bicyclic) bond motifs is 2. The number of ketones is 1. The van der Waals surface area contributed by atoms with Crippen LogP contribution in [0.2, 0.25) is 0 Å². The van der Waals surface area contributed by atoms with Crippen molar-refractivity contribution >= 4 is 11.7 Å². The summed E-state index contributed by atoms with van der Waals surface area (Å²) in [6.07, 6.45) is 11.3. The van der Waals surface area contributed by atoms with Gasteiger partial charge in [-0.05, 0) is 57.0 Å². The molecule has 29 heavy (non-hydrogen) atoms. The molecule has 1 aromatic heterocycles. The largest absolute Gasteiger partial charge is 0.332 e. The predicted molar refractivity (Wildman–Crippen MR) is 114 cm³/mol. The molecule has 0 amide bonds. The number of aromatic nitrogens is 2. The molecule has 1 aliphatic carbocycles. The van der Waals surface area contributed by atoms with Crippen LogP contribution >= 0.6 is 0 Å². The van der Waals surface area contributed by atoms with Gasteiger partial charge in [0.2, 0.25) is 5.95 Å². The van der Waals surface area contributed by atoms with Crippen molar-refractivity contribution in [3.63, 3.8) is 0 Å². The van der Waals surface area contributed by atoms with E-state index in [2.05, 4.69) is 15.1 Å². The van der Waals surface area contributed by atoms with Crippen LogP contribution in [0.1, 0.15) is 57.9 Å². The van der Waals surface area contributed by atoms with Crippen molar-refractivity contribution in [2.75, 3.05) is 31.1 Å². The van der Waals surface area contributed by atoms with Crippen LogP contribution in [0.15, 0.2) is 12.4 Å². The molecule has 3 saturated heterocycles. The number of hydrogen-bond donors (Lipinski definition) is 1. The van der Waals surface area contributed by atoms with Gasteiger partial charge in [0.05, 0.1) is 0 Å². The molecule has 1 N–H and O–H groups in total. The molecule has 2 atom stereocenters. The minimum Gasteiger partial charge on any atom is -0.332 e. The van der Waals surface area contributed by atoms with Crippen molar-refractivity contribution in [3.05, 3.63) is 18.0 Å². The summed E-state index contributed by atoms with van der Waals surface area (Å²) in [6.45, 7) is 9.39. The van der Waals surface area contributed by atoms with Crippen molar-refractivity contribution in [2.24, 2.45) is 17.3 Å². The second-order valence-electron chi connectivity index (χ2n) is 10.3. The lowest BCUT2D eigenvalue weighted by atomic mass is 9.56. The van der Waals surface area contributed by atoms with Crippen LogP contribution in [-0.2, 0) is 11.3 Å². The number of rotatable bonds is 5. The fourth-order valence-corrected chi connectivity index (χ4v) is 6.18. The highest BCUT2D eigenvalue weighted by molar-refractivity contribution is 5.83. The first kappa shape index (κ1) is 19.4. The first-order valence-electron chi connectivity index (χ1n) is 11.6. The molecular weight excluding hydrogens is 362 g/mol. The molecule has 2 unspecified atom stereocenters. The lowest BCUT2D eigenvalue weighted by Crippen LogP contribution is -2.52. The predicted octanol–water partition coefficient (Wildman–Crippen LogP) is 2.63. The smallest absolute Gasteiger partial charge is 0.225 e. The summed E-state index contributed by atoms with van der Waals surface area (Å²) in [7, 11) is 0. The number of hydrogen-bond acceptors (Lipinski definition) is 6. The van der Waals surface area contributed by atoms with E-state index in [0.29, 0.717) is 29.2 Å². The Hall–Kier alpha value is -1.53. The van der Waals surface area contributed by atoms with E-state index in [1.165, 1.54) is 31.2 Å². The molecule has 0 radical (unpaired) electrons. The molecule has 1 spiro atoms. The standard InChI is InChI=1S/C23H35N5O/c1-16(2)21(29)18-9-23(10-18)5-7-27(8-6-23)15-17-11-25-22(26-12-17)28-19-3-4-20(28)14-24-13-19/h11-12,16,18-20,24H,3-10,13-15H2,1-2H3. The Morgan fingerprint density at radius 1 is 1.14 bits per heavy atom. The van der Waals surface area contributed by atoms with Gasteiger partial charge in [0.15, 0.2) is 0 Å². The van der Waals surface area contributed by atoms with Gasteiger partial charge < -0.3 is 10.2 Å². The summed E-state index contributed by atoms with van der Waals surface area (Å²) in [5.41, 5.74) is 1.67. The zero-order valence-electron chi connectivity index (χ0n) is 17.9. The summed E-state index contributed by atoms with van der Waals surface area (Å²) in [4.78, 5) is 26.7. The molecule has 4 aliphatic rings. The number of likely N-dealkylation sites (tertiary alicyclic amines) is 1. The third-order valence-corrected chi connectivity index (χ3v) is 7.96. The zero-order valence-corrected chi connectivity index (χ0v) is 17.9. The molecule has 0 aromatic carbocycles. The van der Waals surface area contributed by atoms with Crippen LogP contribution in [0.5, 0.6) is 0 Å². The van der Waals surface area contributed by atoms with E-state index in [-0.39, 0.29) is 5.92 Å². The summed E-state index contributed by atoms with van der Waals surface area (Å²) in [5, 5.41) is 3.52. The first-order chi connectivity index (χ1) is 14.0. The fraction of sp³-hybridized carbons (Fsp3) is 0.783. The van der Waals surface area contributed by atoms with Crippen molar-refractivity contribution in [3.8, 4) is 0 Å². The van der Waals surface area contributed by atoms with Crippen molar-refractivity contribution in [1.82, 2.24) is 20.2 Å². The molecule has 5 rings (SSSR count). The lowest BCUT2D eigenvalue weighted by Gasteiger charge is -2.52. The van der Waals surface area contributed by atoms with E-state index in [4.69, 9.17) is 9.97 Å². The minimum absolute atomic E-state index is 0.191. The van der Waals surface area contributed by atoms with E-state index < -0.39 is 0 Å². The fourth-order valence-electron chi connectivity index (χ4n) is 6.18. The number of Topliss-reactive ketones (excluding diaryl/α,β-unsaturated/α-hetero) is 1. The van der Waals surface area contributed by atoms with Crippen LogP contribution in [0, 0.1) is 17.3 Å². The number of anilines is 1. The Balaban J connectivity index is 1.13. The molecule has 6 heteroatoms. The summed E-state index contributed by atoms with van der Waals surface area (Å²) < 4.78 is 0. The van der Waals surface area contributed by atoms with Crippen LogP contribution in [-0.4, -0.2) is 58.9 Å². The summed E-state index contributed by atoms with van der Waals surface area (Å²) in [6, 6.07) is 1.12. The maximum Gasteiger partial charge on any atom is 0.225 e. The van der Waals surface area contributed by atoms with Gasteiger partial charge in [0.1, 0.15) is 5.78 Å². The summed E-state index contributed by atoms with van der Waals surface area (Å²) in [5.74, 6) is 1.92. The van der Waals surface area contributed by atoms with Crippen molar-refractivity contribution in [1.29, 1.82) is 0 Å². The number of piperidine rings is 1. The zero-order chi connectivity index (χ0) is 20.0. The number of nitrogens with zero attached hydrogens (tertiary/aromatic N) is 4. The Morgan fingerprint density at radius 3 is 2.34 bits per heavy atom.